The summed E-state index contributed by atoms with van der Waals surface area (Å²) in [6, 6.07) is 6.11. The minimum atomic E-state index is -0.529. The van der Waals surface area contributed by atoms with Crippen LogP contribution in [0.2, 0.25) is 0 Å². The number of amides is 1. The maximum atomic E-state index is 11.7. The number of benzene rings is 1. The second kappa shape index (κ2) is 8.43. The Morgan fingerprint density at radius 1 is 1.48 bits per heavy atom. The minimum absolute atomic E-state index is 0. The van der Waals surface area contributed by atoms with E-state index in [1.165, 1.54) is 12.1 Å². The molecular weight excluding hydrogens is 298 g/mol. The fourth-order valence-electron chi connectivity index (χ4n) is 2.12. The number of nitro groups is 1. The number of para-hydroxylation sites is 2. The van der Waals surface area contributed by atoms with Crippen LogP contribution in [0.3, 0.4) is 0 Å². The van der Waals surface area contributed by atoms with Crippen molar-refractivity contribution < 1.29 is 14.5 Å². The molecule has 2 N–H and O–H groups in total. The molecule has 2 rings (SSSR count). The lowest BCUT2D eigenvalue weighted by Crippen LogP contribution is -2.47. The molecule has 21 heavy (non-hydrogen) atoms. The van der Waals surface area contributed by atoms with Crippen LogP contribution < -0.4 is 15.4 Å². The first-order chi connectivity index (χ1) is 9.66. The highest BCUT2D eigenvalue weighted by Gasteiger charge is 2.18. The number of carbonyl (C=O) groups excluding carboxylic acids is 1. The van der Waals surface area contributed by atoms with Crippen molar-refractivity contribution in [1.29, 1.82) is 0 Å². The van der Waals surface area contributed by atoms with Gasteiger partial charge in [-0.25, -0.2) is 0 Å². The first-order valence-electron chi connectivity index (χ1n) is 6.53. The third-order valence-corrected chi connectivity index (χ3v) is 3.08. The van der Waals surface area contributed by atoms with Gasteiger partial charge in [0.1, 0.15) is 0 Å². The van der Waals surface area contributed by atoms with Crippen LogP contribution in [0.25, 0.3) is 0 Å². The van der Waals surface area contributed by atoms with Gasteiger partial charge in [-0.3, -0.25) is 14.9 Å². The number of hydrogen-bond donors (Lipinski definition) is 2. The van der Waals surface area contributed by atoms with Crippen LogP contribution in [-0.4, -0.2) is 36.6 Å². The number of rotatable bonds is 5. The smallest absolute Gasteiger partial charge is 0.310 e. The summed E-state index contributed by atoms with van der Waals surface area (Å²) < 4.78 is 5.23. The molecule has 1 aliphatic rings. The summed E-state index contributed by atoms with van der Waals surface area (Å²) in [6.45, 7) is 1.50. The molecule has 116 valence electrons. The van der Waals surface area contributed by atoms with Crippen LogP contribution >= 0.6 is 12.4 Å². The summed E-state index contributed by atoms with van der Waals surface area (Å²) in [7, 11) is 0. The largest absolute Gasteiger partial charge is 0.477 e. The summed E-state index contributed by atoms with van der Waals surface area (Å²) in [4.78, 5) is 22.0. The summed E-state index contributed by atoms with van der Waals surface area (Å²) in [5.41, 5.74) is -0.139. The van der Waals surface area contributed by atoms with E-state index in [0.29, 0.717) is 0 Å². The van der Waals surface area contributed by atoms with Gasteiger partial charge in [0.25, 0.3) is 5.91 Å². The van der Waals surface area contributed by atoms with Crippen LogP contribution in [0.4, 0.5) is 5.69 Å². The fourth-order valence-corrected chi connectivity index (χ4v) is 2.12. The van der Waals surface area contributed by atoms with Gasteiger partial charge in [0.05, 0.1) is 4.92 Å². The summed E-state index contributed by atoms with van der Waals surface area (Å²) >= 11 is 0. The van der Waals surface area contributed by atoms with E-state index in [-0.39, 0.29) is 42.4 Å². The Labute approximate surface area is 128 Å². The second-order valence-corrected chi connectivity index (χ2v) is 4.62. The minimum Gasteiger partial charge on any atom is -0.477 e. The number of nitrogens with zero attached hydrogens (tertiary/aromatic N) is 1. The van der Waals surface area contributed by atoms with Crippen molar-refractivity contribution in [2.45, 2.75) is 18.9 Å². The average molecular weight is 316 g/mol. The van der Waals surface area contributed by atoms with E-state index in [1.54, 1.807) is 12.1 Å². The maximum absolute atomic E-state index is 11.7. The van der Waals surface area contributed by atoms with Gasteiger partial charge in [0, 0.05) is 18.7 Å². The van der Waals surface area contributed by atoms with Crippen LogP contribution in [0.1, 0.15) is 12.8 Å². The molecule has 0 saturated carbocycles. The number of halogens is 1. The Kier molecular flexibility index (Phi) is 6.90. The third-order valence-electron chi connectivity index (χ3n) is 3.08. The van der Waals surface area contributed by atoms with E-state index in [4.69, 9.17) is 4.74 Å². The summed E-state index contributed by atoms with van der Waals surface area (Å²) in [6.07, 6.45) is 1.96. The molecule has 1 fully saturated rings. The molecule has 1 heterocycles. The Balaban J connectivity index is 0.00000220. The van der Waals surface area contributed by atoms with Gasteiger partial charge in [0.15, 0.2) is 12.4 Å². The highest BCUT2D eigenvalue weighted by molar-refractivity contribution is 5.85. The molecule has 0 aliphatic carbocycles. The van der Waals surface area contributed by atoms with Gasteiger partial charge in [0.2, 0.25) is 0 Å². The lowest BCUT2D eigenvalue weighted by atomic mass is 10.1. The van der Waals surface area contributed by atoms with Crippen molar-refractivity contribution in [2.75, 3.05) is 19.7 Å². The van der Waals surface area contributed by atoms with Crippen molar-refractivity contribution in [3.63, 3.8) is 0 Å². The summed E-state index contributed by atoms with van der Waals surface area (Å²) in [5, 5.41) is 16.8. The Morgan fingerprint density at radius 2 is 2.24 bits per heavy atom. The predicted octanol–water partition coefficient (Wildman–Crippen LogP) is 1.26. The topological polar surface area (TPSA) is 93.5 Å². The highest BCUT2D eigenvalue weighted by Crippen LogP contribution is 2.25. The number of carbonyl (C=O) groups is 1. The Hall–Kier alpha value is -1.86. The molecule has 0 spiro atoms. The van der Waals surface area contributed by atoms with Gasteiger partial charge in [-0.2, -0.15) is 0 Å². The molecule has 1 amide bonds. The van der Waals surface area contributed by atoms with E-state index in [0.717, 1.165) is 25.9 Å². The van der Waals surface area contributed by atoms with E-state index < -0.39 is 4.92 Å². The van der Waals surface area contributed by atoms with Gasteiger partial charge < -0.3 is 15.4 Å². The SMILES string of the molecule is Cl.O=C(COc1ccccc1[N+](=O)[O-])N[C@H]1CCCNC1. The van der Waals surface area contributed by atoms with Crippen molar-refractivity contribution in [1.82, 2.24) is 10.6 Å². The first-order valence-corrected chi connectivity index (χ1v) is 6.53. The number of nitrogens with one attached hydrogen (secondary N) is 2. The molecular formula is C13H18ClN3O4. The van der Waals surface area contributed by atoms with Crippen molar-refractivity contribution in [3.05, 3.63) is 34.4 Å². The Bertz CT molecular complexity index is 492. The molecule has 1 atom stereocenters. The molecule has 0 aromatic heterocycles. The van der Waals surface area contributed by atoms with E-state index in [2.05, 4.69) is 10.6 Å². The van der Waals surface area contributed by atoms with Crippen molar-refractivity contribution in [3.8, 4) is 5.75 Å². The van der Waals surface area contributed by atoms with E-state index in [1.807, 2.05) is 0 Å². The average Bonchev–Trinajstić information content (AvgIpc) is 2.46. The van der Waals surface area contributed by atoms with E-state index in [9.17, 15) is 14.9 Å². The van der Waals surface area contributed by atoms with Crippen LogP contribution in [0, 0.1) is 10.1 Å². The zero-order valence-electron chi connectivity index (χ0n) is 11.4. The fraction of sp³-hybridized carbons (Fsp3) is 0.462. The highest BCUT2D eigenvalue weighted by atomic mass is 35.5. The number of piperidine rings is 1. The van der Waals surface area contributed by atoms with Crippen molar-refractivity contribution >= 4 is 24.0 Å². The molecule has 0 radical (unpaired) electrons. The molecule has 0 unspecified atom stereocenters. The van der Waals surface area contributed by atoms with Crippen LogP contribution in [-0.2, 0) is 4.79 Å². The second-order valence-electron chi connectivity index (χ2n) is 4.62. The quantitative estimate of drug-likeness (QED) is 0.630. The number of hydrogen-bond acceptors (Lipinski definition) is 5. The molecule has 0 bridgehead atoms. The Morgan fingerprint density at radius 3 is 2.90 bits per heavy atom. The lowest BCUT2D eigenvalue weighted by molar-refractivity contribution is -0.385. The summed E-state index contributed by atoms with van der Waals surface area (Å²) in [5.74, 6) is -0.161. The van der Waals surface area contributed by atoms with Gasteiger partial charge in [-0.15, -0.1) is 12.4 Å². The monoisotopic (exact) mass is 315 g/mol. The van der Waals surface area contributed by atoms with Crippen LogP contribution in [0.15, 0.2) is 24.3 Å². The third kappa shape index (κ3) is 5.20. The van der Waals surface area contributed by atoms with Crippen molar-refractivity contribution in [2.24, 2.45) is 0 Å². The van der Waals surface area contributed by atoms with Gasteiger partial charge in [-0.1, -0.05) is 12.1 Å². The molecule has 1 aromatic carbocycles. The lowest BCUT2D eigenvalue weighted by Gasteiger charge is -2.23. The molecule has 1 aromatic rings. The number of ether oxygens (including phenoxy) is 1. The zero-order chi connectivity index (χ0) is 14.4. The standard InChI is InChI=1S/C13H17N3O4.ClH/c17-13(15-10-4-3-7-14-8-10)9-20-12-6-2-1-5-11(12)16(18)19;/h1-2,5-6,10,14H,3-4,7-9H2,(H,15,17);1H/t10-;/m0./s1. The molecule has 1 aliphatic heterocycles. The molecule has 7 nitrogen and oxygen atoms in total. The van der Waals surface area contributed by atoms with Gasteiger partial charge in [-0.05, 0) is 25.5 Å². The zero-order valence-corrected chi connectivity index (χ0v) is 12.2. The molecule has 1 saturated heterocycles. The first kappa shape index (κ1) is 17.2. The predicted molar refractivity (Wildman–Crippen MR) is 79.9 cm³/mol. The molecule has 8 heteroatoms. The van der Waals surface area contributed by atoms with Crippen LogP contribution in [0.5, 0.6) is 5.75 Å². The number of nitro benzene ring substituents is 1. The van der Waals surface area contributed by atoms with E-state index >= 15 is 0 Å². The maximum Gasteiger partial charge on any atom is 0.310 e. The normalized spacial score (nSPS) is 17.4. The van der Waals surface area contributed by atoms with Gasteiger partial charge >= 0.3 is 5.69 Å².